The van der Waals surface area contributed by atoms with Crippen LogP contribution in [0.25, 0.3) is 0 Å². The lowest BCUT2D eigenvalue weighted by Crippen LogP contribution is -2.33. The van der Waals surface area contributed by atoms with Crippen molar-refractivity contribution in [3.05, 3.63) is 5.28 Å². The van der Waals surface area contributed by atoms with E-state index in [1.165, 1.54) is 0 Å². The number of ether oxygens (including phenoxy) is 1. The molecule has 0 amide bonds. The van der Waals surface area contributed by atoms with Crippen LogP contribution in [0.4, 0.5) is 11.9 Å². The van der Waals surface area contributed by atoms with Gasteiger partial charge in [0.1, 0.15) is 0 Å². The molecule has 1 fully saturated rings. The molecule has 0 aromatic carbocycles. The Morgan fingerprint density at radius 3 is 2.70 bits per heavy atom. The molecule has 1 aliphatic heterocycles. The maximum atomic E-state index is 9.75. The average molecular weight is 302 g/mol. The highest BCUT2D eigenvalue weighted by Gasteiger charge is 2.19. The van der Waals surface area contributed by atoms with Gasteiger partial charge in [0.05, 0.1) is 12.7 Å². The second kappa shape index (κ2) is 7.01. The summed E-state index contributed by atoms with van der Waals surface area (Å²) in [5.41, 5.74) is 0. The van der Waals surface area contributed by atoms with Crippen LogP contribution in [-0.4, -0.2) is 66.6 Å². The number of methoxy groups -OCH3 is 1. The van der Waals surface area contributed by atoms with Crippen LogP contribution in [0.5, 0.6) is 0 Å². The van der Waals surface area contributed by atoms with Crippen molar-refractivity contribution in [2.45, 2.75) is 18.9 Å². The molecule has 0 aliphatic carbocycles. The maximum absolute atomic E-state index is 9.75. The molecule has 112 valence electrons. The first-order valence-corrected chi connectivity index (χ1v) is 7.02. The summed E-state index contributed by atoms with van der Waals surface area (Å²) < 4.78 is 4.90. The highest BCUT2D eigenvalue weighted by molar-refractivity contribution is 6.28. The van der Waals surface area contributed by atoms with E-state index >= 15 is 0 Å². The van der Waals surface area contributed by atoms with Crippen LogP contribution >= 0.6 is 11.6 Å². The standard InChI is InChI=1S/C12H20ClN5O2/c1-17(7-9(19)8-20-2)11-14-10(13)15-12(16-11)18-5-3-4-6-18/h9,19H,3-8H2,1-2H3. The van der Waals surface area contributed by atoms with Crippen molar-refractivity contribution in [3.63, 3.8) is 0 Å². The molecular weight excluding hydrogens is 282 g/mol. The fourth-order valence-corrected chi connectivity index (χ4v) is 2.35. The summed E-state index contributed by atoms with van der Waals surface area (Å²) in [4.78, 5) is 16.5. The fourth-order valence-electron chi connectivity index (χ4n) is 2.20. The normalized spacial score (nSPS) is 16.5. The van der Waals surface area contributed by atoms with Gasteiger partial charge in [-0.25, -0.2) is 0 Å². The molecular formula is C12H20ClN5O2. The SMILES string of the molecule is COCC(O)CN(C)c1nc(Cl)nc(N2CCCC2)n1. The Labute approximate surface area is 123 Å². The molecule has 2 rings (SSSR count). The minimum Gasteiger partial charge on any atom is -0.389 e. The summed E-state index contributed by atoms with van der Waals surface area (Å²) in [5.74, 6) is 1.06. The molecule has 0 spiro atoms. The first kappa shape index (κ1) is 15.2. The van der Waals surface area contributed by atoms with Gasteiger partial charge in [-0.1, -0.05) is 0 Å². The van der Waals surface area contributed by atoms with Gasteiger partial charge in [-0.3, -0.25) is 0 Å². The molecule has 2 heterocycles. The molecule has 0 bridgehead atoms. The summed E-state index contributed by atoms with van der Waals surface area (Å²) in [5, 5.41) is 9.92. The number of halogens is 1. The summed E-state index contributed by atoms with van der Waals surface area (Å²) in [6.07, 6.45) is 1.68. The zero-order valence-corrected chi connectivity index (χ0v) is 12.5. The van der Waals surface area contributed by atoms with E-state index < -0.39 is 6.10 Å². The van der Waals surface area contributed by atoms with Crippen molar-refractivity contribution in [2.75, 3.05) is 50.2 Å². The third-order valence-corrected chi connectivity index (χ3v) is 3.33. The molecule has 1 atom stereocenters. The first-order valence-electron chi connectivity index (χ1n) is 6.65. The van der Waals surface area contributed by atoms with E-state index in [0.717, 1.165) is 25.9 Å². The predicted octanol–water partition coefficient (Wildman–Crippen LogP) is 0.569. The summed E-state index contributed by atoms with van der Waals surface area (Å²) in [6.45, 7) is 2.52. The number of hydrogen-bond acceptors (Lipinski definition) is 7. The number of rotatable bonds is 6. The topological polar surface area (TPSA) is 74.6 Å². The molecule has 1 aromatic rings. The lowest BCUT2D eigenvalue weighted by Gasteiger charge is -2.22. The molecule has 0 saturated carbocycles. The van der Waals surface area contributed by atoms with Crippen molar-refractivity contribution in [3.8, 4) is 0 Å². The number of likely N-dealkylation sites (N-methyl/N-ethyl adjacent to an activating group) is 1. The zero-order chi connectivity index (χ0) is 14.5. The molecule has 8 heteroatoms. The molecule has 1 N–H and O–H groups in total. The number of aliphatic hydroxyl groups is 1. The van der Waals surface area contributed by atoms with Gasteiger partial charge in [0.25, 0.3) is 0 Å². The lowest BCUT2D eigenvalue weighted by molar-refractivity contribution is 0.0693. The predicted molar refractivity (Wildman–Crippen MR) is 77.4 cm³/mol. The third-order valence-electron chi connectivity index (χ3n) is 3.16. The average Bonchev–Trinajstić information content (AvgIpc) is 2.92. The third kappa shape index (κ3) is 3.91. The second-order valence-corrected chi connectivity index (χ2v) is 5.23. The molecule has 1 aliphatic rings. The number of nitrogens with zero attached hydrogens (tertiary/aromatic N) is 5. The number of anilines is 2. The molecule has 1 saturated heterocycles. The van der Waals surface area contributed by atoms with E-state index in [2.05, 4.69) is 19.9 Å². The van der Waals surface area contributed by atoms with E-state index in [1.807, 2.05) is 0 Å². The van der Waals surface area contributed by atoms with E-state index in [9.17, 15) is 5.11 Å². The Hall–Kier alpha value is -1.18. The van der Waals surface area contributed by atoms with Crippen LogP contribution in [0, 0.1) is 0 Å². The number of aliphatic hydroxyl groups excluding tert-OH is 1. The smallest absolute Gasteiger partial charge is 0.231 e. The molecule has 20 heavy (non-hydrogen) atoms. The Bertz CT molecular complexity index is 442. The minimum absolute atomic E-state index is 0.171. The van der Waals surface area contributed by atoms with Gasteiger partial charge in [0, 0.05) is 33.8 Å². The largest absolute Gasteiger partial charge is 0.389 e. The second-order valence-electron chi connectivity index (χ2n) is 4.89. The Balaban J connectivity index is 2.10. The highest BCUT2D eigenvalue weighted by Crippen LogP contribution is 2.19. The Kier molecular flexibility index (Phi) is 5.33. The van der Waals surface area contributed by atoms with E-state index in [0.29, 0.717) is 18.4 Å². The van der Waals surface area contributed by atoms with Gasteiger partial charge in [-0.2, -0.15) is 15.0 Å². The van der Waals surface area contributed by atoms with Crippen molar-refractivity contribution in [1.82, 2.24) is 15.0 Å². The van der Waals surface area contributed by atoms with Gasteiger partial charge in [-0.05, 0) is 24.4 Å². The fraction of sp³-hybridized carbons (Fsp3) is 0.750. The molecule has 1 aromatic heterocycles. The van der Waals surface area contributed by atoms with E-state index in [-0.39, 0.29) is 11.9 Å². The van der Waals surface area contributed by atoms with Crippen molar-refractivity contribution < 1.29 is 9.84 Å². The Morgan fingerprint density at radius 2 is 2.05 bits per heavy atom. The molecule has 1 unspecified atom stereocenters. The maximum Gasteiger partial charge on any atom is 0.231 e. The van der Waals surface area contributed by atoms with Gasteiger partial charge >= 0.3 is 0 Å². The first-order chi connectivity index (χ1) is 9.60. The number of hydrogen-bond donors (Lipinski definition) is 1. The van der Waals surface area contributed by atoms with Gasteiger partial charge in [0.2, 0.25) is 17.2 Å². The minimum atomic E-state index is -0.601. The highest BCUT2D eigenvalue weighted by atomic mass is 35.5. The molecule has 0 radical (unpaired) electrons. The van der Waals surface area contributed by atoms with Crippen LogP contribution in [-0.2, 0) is 4.74 Å². The summed E-state index contributed by atoms with van der Waals surface area (Å²) in [7, 11) is 3.35. The van der Waals surface area contributed by atoms with Gasteiger partial charge < -0.3 is 19.6 Å². The van der Waals surface area contributed by atoms with Gasteiger partial charge in [-0.15, -0.1) is 0 Å². The van der Waals surface area contributed by atoms with Crippen LogP contribution in [0.1, 0.15) is 12.8 Å². The number of aromatic nitrogens is 3. The van der Waals surface area contributed by atoms with Crippen LogP contribution in [0.3, 0.4) is 0 Å². The zero-order valence-electron chi connectivity index (χ0n) is 11.8. The van der Waals surface area contributed by atoms with E-state index in [4.69, 9.17) is 16.3 Å². The summed E-state index contributed by atoms with van der Waals surface area (Å²) >= 11 is 5.97. The van der Waals surface area contributed by atoms with Crippen molar-refractivity contribution in [2.24, 2.45) is 0 Å². The Morgan fingerprint density at radius 1 is 1.35 bits per heavy atom. The van der Waals surface area contributed by atoms with Crippen molar-refractivity contribution in [1.29, 1.82) is 0 Å². The quantitative estimate of drug-likeness (QED) is 0.823. The van der Waals surface area contributed by atoms with Crippen LogP contribution in [0.15, 0.2) is 0 Å². The van der Waals surface area contributed by atoms with Crippen LogP contribution in [0.2, 0.25) is 5.28 Å². The van der Waals surface area contributed by atoms with Crippen LogP contribution < -0.4 is 9.80 Å². The van der Waals surface area contributed by atoms with E-state index in [1.54, 1.807) is 19.1 Å². The summed E-state index contributed by atoms with van der Waals surface area (Å²) in [6, 6.07) is 0. The van der Waals surface area contributed by atoms with Gasteiger partial charge in [0.15, 0.2) is 0 Å². The van der Waals surface area contributed by atoms with Crippen molar-refractivity contribution >= 4 is 23.5 Å². The lowest BCUT2D eigenvalue weighted by atomic mass is 10.3. The molecule has 7 nitrogen and oxygen atoms in total. The monoisotopic (exact) mass is 301 g/mol.